The first kappa shape index (κ1) is 15.1. The summed E-state index contributed by atoms with van der Waals surface area (Å²) >= 11 is 0. The van der Waals surface area contributed by atoms with E-state index in [-0.39, 0.29) is 0 Å². The molecule has 0 spiro atoms. The summed E-state index contributed by atoms with van der Waals surface area (Å²) in [6.45, 7) is 1.07. The Kier molecular flexibility index (Phi) is 4.97. The lowest BCUT2D eigenvalue weighted by atomic mass is 9.82. The summed E-state index contributed by atoms with van der Waals surface area (Å²) in [7, 11) is 4.38. The Bertz CT molecular complexity index is 424. The predicted octanol–water partition coefficient (Wildman–Crippen LogP) is 3.85. The molecule has 0 saturated heterocycles. The summed E-state index contributed by atoms with van der Waals surface area (Å²) in [4.78, 5) is 2.34. The average molecular weight is 286 g/mol. The van der Waals surface area contributed by atoms with E-state index in [0.29, 0.717) is 6.04 Å². The van der Waals surface area contributed by atoms with Crippen molar-refractivity contribution >= 4 is 0 Å². The molecule has 2 aliphatic rings. The van der Waals surface area contributed by atoms with Crippen LogP contribution in [0.5, 0.6) is 0 Å². The quantitative estimate of drug-likeness (QED) is 0.854. The molecule has 116 valence electrons. The molecule has 3 atom stereocenters. The minimum Gasteiger partial charge on any atom is -0.312 e. The molecule has 3 unspecified atom stereocenters. The largest absolute Gasteiger partial charge is 0.312 e. The monoisotopic (exact) mass is 286 g/mol. The zero-order valence-electron chi connectivity index (χ0n) is 13.6. The second-order valence-corrected chi connectivity index (χ2v) is 7.26. The van der Waals surface area contributed by atoms with Gasteiger partial charge in [0.1, 0.15) is 0 Å². The van der Waals surface area contributed by atoms with Gasteiger partial charge in [-0.25, -0.2) is 0 Å². The highest BCUT2D eigenvalue weighted by Crippen LogP contribution is 2.43. The molecule has 0 aromatic heterocycles. The van der Waals surface area contributed by atoms with E-state index < -0.39 is 0 Å². The summed E-state index contributed by atoms with van der Waals surface area (Å²) in [6.07, 6.45) is 8.71. The van der Waals surface area contributed by atoms with Gasteiger partial charge in [0.15, 0.2) is 0 Å². The molecule has 2 saturated carbocycles. The maximum absolute atomic E-state index is 3.87. The van der Waals surface area contributed by atoms with Crippen LogP contribution in [0.4, 0.5) is 0 Å². The van der Waals surface area contributed by atoms with Gasteiger partial charge in [0.2, 0.25) is 0 Å². The lowest BCUT2D eigenvalue weighted by Crippen LogP contribution is -2.40. The molecule has 0 bridgehead atoms. The van der Waals surface area contributed by atoms with Gasteiger partial charge in [-0.1, -0.05) is 43.2 Å². The van der Waals surface area contributed by atoms with E-state index in [1.54, 1.807) is 0 Å². The number of likely N-dealkylation sites (N-methyl/N-ethyl adjacent to an activating group) is 1. The van der Waals surface area contributed by atoms with Crippen molar-refractivity contribution in [1.82, 2.24) is 10.2 Å². The Morgan fingerprint density at radius 2 is 1.81 bits per heavy atom. The summed E-state index contributed by atoms with van der Waals surface area (Å²) in [5, 5.41) is 3.87. The number of benzene rings is 1. The molecular formula is C19H30N2. The molecule has 2 nitrogen and oxygen atoms in total. The van der Waals surface area contributed by atoms with Gasteiger partial charge in [0.25, 0.3) is 0 Å². The third-order valence-corrected chi connectivity index (χ3v) is 5.41. The number of nitrogens with one attached hydrogen (secondary N) is 1. The van der Waals surface area contributed by atoms with Gasteiger partial charge in [-0.2, -0.15) is 0 Å². The van der Waals surface area contributed by atoms with E-state index in [2.05, 4.69) is 54.6 Å². The molecule has 0 heterocycles. The van der Waals surface area contributed by atoms with Crippen molar-refractivity contribution in [2.24, 2.45) is 11.8 Å². The zero-order valence-corrected chi connectivity index (χ0v) is 13.6. The van der Waals surface area contributed by atoms with E-state index >= 15 is 0 Å². The fraction of sp³-hybridized carbons (Fsp3) is 0.684. The second kappa shape index (κ2) is 6.93. The van der Waals surface area contributed by atoms with Crippen molar-refractivity contribution in [1.29, 1.82) is 0 Å². The van der Waals surface area contributed by atoms with Gasteiger partial charge in [-0.05, 0) is 57.2 Å². The summed E-state index contributed by atoms with van der Waals surface area (Å²) in [5.41, 5.74) is 1.42. The van der Waals surface area contributed by atoms with E-state index in [9.17, 15) is 0 Å². The van der Waals surface area contributed by atoms with Crippen molar-refractivity contribution < 1.29 is 0 Å². The van der Waals surface area contributed by atoms with Crippen LogP contribution in [0.3, 0.4) is 0 Å². The van der Waals surface area contributed by atoms with E-state index in [1.807, 2.05) is 0 Å². The SMILES string of the molecule is CN(C)C(CNC1CCCC(C2CC2)C1)c1ccccc1. The molecule has 1 aromatic rings. The van der Waals surface area contributed by atoms with Gasteiger partial charge in [0.05, 0.1) is 0 Å². The van der Waals surface area contributed by atoms with Crippen LogP contribution in [-0.4, -0.2) is 31.6 Å². The van der Waals surface area contributed by atoms with Crippen molar-refractivity contribution in [2.75, 3.05) is 20.6 Å². The number of hydrogen-bond acceptors (Lipinski definition) is 2. The summed E-state index contributed by atoms with van der Waals surface area (Å²) in [6, 6.07) is 12.1. The van der Waals surface area contributed by atoms with Gasteiger partial charge >= 0.3 is 0 Å². The highest BCUT2D eigenvalue weighted by molar-refractivity contribution is 5.19. The van der Waals surface area contributed by atoms with Crippen LogP contribution >= 0.6 is 0 Å². The molecular weight excluding hydrogens is 256 g/mol. The number of hydrogen-bond donors (Lipinski definition) is 1. The number of rotatable bonds is 6. The minimum atomic E-state index is 0.479. The van der Waals surface area contributed by atoms with Crippen LogP contribution in [-0.2, 0) is 0 Å². The summed E-state index contributed by atoms with van der Waals surface area (Å²) in [5.74, 6) is 2.10. The molecule has 1 aromatic carbocycles. The first-order chi connectivity index (χ1) is 10.2. The Labute approximate surface area is 129 Å². The molecule has 2 fully saturated rings. The first-order valence-corrected chi connectivity index (χ1v) is 8.69. The van der Waals surface area contributed by atoms with E-state index in [0.717, 1.165) is 24.4 Å². The molecule has 0 radical (unpaired) electrons. The van der Waals surface area contributed by atoms with Gasteiger partial charge < -0.3 is 10.2 Å². The van der Waals surface area contributed by atoms with Crippen molar-refractivity contribution in [2.45, 2.75) is 50.6 Å². The second-order valence-electron chi connectivity index (χ2n) is 7.26. The highest BCUT2D eigenvalue weighted by Gasteiger charge is 2.34. The van der Waals surface area contributed by atoms with Crippen molar-refractivity contribution in [3.63, 3.8) is 0 Å². The molecule has 0 amide bonds. The van der Waals surface area contributed by atoms with Crippen molar-refractivity contribution in [3.8, 4) is 0 Å². The maximum Gasteiger partial charge on any atom is 0.0466 e. The minimum absolute atomic E-state index is 0.479. The van der Waals surface area contributed by atoms with Crippen LogP contribution in [0.25, 0.3) is 0 Å². The molecule has 2 heteroatoms. The van der Waals surface area contributed by atoms with Crippen LogP contribution in [0, 0.1) is 11.8 Å². The lowest BCUT2D eigenvalue weighted by molar-refractivity contribution is 0.230. The van der Waals surface area contributed by atoms with E-state index in [1.165, 1.54) is 44.1 Å². The maximum atomic E-state index is 3.87. The first-order valence-electron chi connectivity index (χ1n) is 8.69. The average Bonchev–Trinajstić information content (AvgIpc) is 3.33. The third kappa shape index (κ3) is 4.08. The Morgan fingerprint density at radius 3 is 2.48 bits per heavy atom. The number of nitrogens with zero attached hydrogens (tertiary/aromatic N) is 1. The Hall–Kier alpha value is -0.860. The van der Waals surface area contributed by atoms with E-state index in [4.69, 9.17) is 0 Å². The molecule has 3 rings (SSSR count). The topological polar surface area (TPSA) is 15.3 Å². The van der Waals surface area contributed by atoms with Crippen LogP contribution < -0.4 is 5.32 Å². The van der Waals surface area contributed by atoms with Crippen LogP contribution in [0.1, 0.15) is 50.1 Å². The standard InChI is InChI=1S/C19H30N2/c1-21(2)19(16-7-4-3-5-8-16)14-20-18-10-6-9-17(13-18)15-11-12-15/h3-5,7-8,15,17-20H,6,9-14H2,1-2H3. The fourth-order valence-electron chi connectivity index (χ4n) is 3.96. The summed E-state index contributed by atoms with van der Waals surface area (Å²) < 4.78 is 0. The molecule has 2 aliphatic carbocycles. The molecule has 21 heavy (non-hydrogen) atoms. The van der Waals surface area contributed by atoms with Crippen LogP contribution in [0.15, 0.2) is 30.3 Å². The zero-order chi connectivity index (χ0) is 14.7. The van der Waals surface area contributed by atoms with Gasteiger partial charge in [0, 0.05) is 18.6 Å². The lowest BCUT2D eigenvalue weighted by Gasteiger charge is -2.33. The predicted molar refractivity (Wildman–Crippen MR) is 89.3 cm³/mol. The Balaban J connectivity index is 1.54. The molecule has 1 N–H and O–H groups in total. The normalized spacial score (nSPS) is 27.8. The van der Waals surface area contributed by atoms with Gasteiger partial charge in [-0.15, -0.1) is 0 Å². The Morgan fingerprint density at radius 1 is 1.05 bits per heavy atom. The smallest absolute Gasteiger partial charge is 0.0466 e. The third-order valence-electron chi connectivity index (χ3n) is 5.41. The fourth-order valence-corrected chi connectivity index (χ4v) is 3.96. The van der Waals surface area contributed by atoms with Crippen LogP contribution in [0.2, 0.25) is 0 Å². The molecule has 0 aliphatic heterocycles. The highest BCUT2D eigenvalue weighted by atomic mass is 15.1. The van der Waals surface area contributed by atoms with Crippen molar-refractivity contribution in [3.05, 3.63) is 35.9 Å². The van der Waals surface area contributed by atoms with Gasteiger partial charge in [-0.3, -0.25) is 0 Å².